The summed E-state index contributed by atoms with van der Waals surface area (Å²) in [6.45, 7) is 17.0. The van der Waals surface area contributed by atoms with E-state index in [1.807, 2.05) is 0 Å². The van der Waals surface area contributed by atoms with Crippen molar-refractivity contribution >= 4 is 25.3 Å². The van der Waals surface area contributed by atoms with Crippen LogP contribution < -0.4 is 5.46 Å². The number of hydrogen-bond donors (Lipinski definition) is 0. The average Bonchev–Trinajstić information content (AvgIpc) is 3.58. The molecule has 0 aromatic heterocycles. The molecule has 0 radical (unpaired) electrons. The van der Waals surface area contributed by atoms with Gasteiger partial charge in [0.2, 0.25) is 0 Å². The Morgan fingerprint density at radius 3 is 1.70 bits per heavy atom. The summed E-state index contributed by atoms with van der Waals surface area (Å²) in [5, 5.41) is 0. The van der Waals surface area contributed by atoms with E-state index in [2.05, 4.69) is 128 Å². The highest BCUT2D eigenvalue weighted by atomic mass is 16.7. The summed E-state index contributed by atoms with van der Waals surface area (Å²) in [6, 6.07) is 24.7. The molecule has 0 saturated carbocycles. The summed E-state index contributed by atoms with van der Waals surface area (Å²) in [7, 11) is -0.856. The molecule has 2 heterocycles. The number of rotatable bonds is 2. The van der Waals surface area contributed by atoms with Crippen LogP contribution in [0.25, 0.3) is 16.7 Å². The van der Waals surface area contributed by atoms with Crippen LogP contribution in [0.15, 0.2) is 83.9 Å². The van der Waals surface area contributed by atoms with Crippen molar-refractivity contribution in [3.8, 4) is 11.1 Å². The standard InChI is InChI=1S/C37H40B2O4/c1-33(2)34(3,4)41-38(40-33)29-21-13-19-27-31(29)23-15-9-11-17-25(23)37(27)26-18-12-10-16-24(26)32-28(37)20-14-22-30(32)39-42-35(5,6)36(7,8)43-39/h9-13,15-19,21-22H,14,20H2,1-8H3. The molecule has 5 aliphatic rings. The first-order valence-corrected chi connectivity index (χ1v) is 15.8. The van der Waals surface area contributed by atoms with Gasteiger partial charge >= 0.3 is 14.2 Å². The highest BCUT2D eigenvalue weighted by Gasteiger charge is 2.59. The van der Waals surface area contributed by atoms with Crippen molar-refractivity contribution in [3.05, 3.63) is 106 Å². The van der Waals surface area contributed by atoms with Crippen LogP contribution in [0.1, 0.15) is 90.5 Å². The molecular weight excluding hydrogens is 530 g/mol. The number of benzene rings is 3. The van der Waals surface area contributed by atoms with E-state index in [1.54, 1.807) is 0 Å². The maximum absolute atomic E-state index is 6.68. The van der Waals surface area contributed by atoms with Gasteiger partial charge in [0.15, 0.2) is 0 Å². The first-order valence-electron chi connectivity index (χ1n) is 15.8. The van der Waals surface area contributed by atoms with Crippen LogP contribution in [0.4, 0.5) is 0 Å². The van der Waals surface area contributed by atoms with Gasteiger partial charge in [-0.1, -0.05) is 72.8 Å². The van der Waals surface area contributed by atoms with E-state index in [9.17, 15) is 0 Å². The molecule has 3 aliphatic carbocycles. The molecule has 1 spiro atoms. The van der Waals surface area contributed by atoms with Gasteiger partial charge in [-0.25, -0.2) is 0 Å². The largest absolute Gasteiger partial charge is 0.495 e. The molecule has 1 atom stereocenters. The van der Waals surface area contributed by atoms with Gasteiger partial charge in [-0.15, -0.1) is 0 Å². The summed E-state index contributed by atoms with van der Waals surface area (Å²) in [5.74, 6) is 0. The van der Waals surface area contributed by atoms with E-state index in [4.69, 9.17) is 18.6 Å². The van der Waals surface area contributed by atoms with Gasteiger partial charge in [0, 0.05) is 0 Å². The Bertz CT molecular complexity index is 1730. The molecule has 2 aliphatic heterocycles. The van der Waals surface area contributed by atoms with Crippen molar-refractivity contribution in [2.75, 3.05) is 0 Å². The minimum Gasteiger partial charge on any atom is -0.399 e. The van der Waals surface area contributed by atoms with Crippen molar-refractivity contribution in [1.82, 2.24) is 0 Å². The quantitative estimate of drug-likeness (QED) is 0.301. The topological polar surface area (TPSA) is 36.9 Å². The van der Waals surface area contributed by atoms with Crippen molar-refractivity contribution in [2.24, 2.45) is 0 Å². The maximum atomic E-state index is 6.68. The minimum absolute atomic E-state index is 0.402. The zero-order valence-corrected chi connectivity index (χ0v) is 26.6. The number of fused-ring (bicyclic) bond motifs is 9. The molecule has 2 saturated heterocycles. The van der Waals surface area contributed by atoms with Gasteiger partial charge in [0.05, 0.1) is 27.8 Å². The number of hydrogen-bond acceptors (Lipinski definition) is 4. The van der Waals surface area contributed by atoms with Crippen LogP contribution in [0.3, 0.4) is 0 Å². The van der Waals surface area contributed by atoms with Gasteiger partial charge in [-0.3, -0.25) is 0 Å². The second kappa shape index (κ2) is 8.63. The predicted molar refractivity (Wildman–Crippen MR) is 174 cm³/mol. The Kier molecular flexibility index (Phi) is 5.55. The Morgan fingerprint density at radius 2 is 1.07 bits per heavy atom. The molecule has 2 fully saturated rings. The molecule has 8 rings (SSSR count). The first kappa shape index (κ1) is 27.6. The van der Waals surface area contributed by atoms with Crippen LogP contribution in [0.5, 0.6) is 0 Å². The van der Waals surface area contributed by atoms with Crippen molar-refractivity contribution in [2.45, 2.75) is 96.1 Å². The zero-order chi connectivity index (χ0) is 30.2. The predicted octanol–water partition coefficient (Wildman–Crippen LogP) is 7.42. The van der Waals surface area contributed by atoms with Crippen LogP contribution in [0.2, 0.25) is 0 Å². The molecule has 43 heavy (non-hydrogen) atoms. The summed E-state index contributed by atoms with van der Waals surface area (Å²) in [5.41, 5.74) is 10.7. The van der Waals surface area contributed by atoms with E-state index >= 15 is 0 Å². The zero-order valence-electron chi connectivity index (χ0n) is 26.6. The third-order valence-corrected chi connectivity index (χ3v) is 11.5. The van der Waals surface area contributed by atoms with E-state index in [0.717, 1.165) is 23.8 Å². The Morgan fingerprint density at radius 1 is 0.558 bits per heavy atom. The molecule has 6 heteroatoms. The summed E-state index contributed by atoms with van der Waals surface area (Å²) >= 11 is 0. The molecular formula is C37H40B2O4. The molecule has 3 aromatic carbocycles. The van der Waals surface area contributed by atoms with Gasteiger partial charge in [-0.05, 0) is 124 Å². The average molecular weight is 570 g/mol. The number of allylic oxidation sites excluding steroid dienone is 4. The molecule has 1 unspecified atom stereocenters. The van der Waals surface area contributed by atoms with Gasteiger partial charge < -0.3 is 18.6 Å². The lowest BCUT2D eigenvalue weighted by atomic mass is 9.64. The molecule has 218 valence electrons. The molecule has 0 amide bonds. The highest BCUT2D eigenvalue weighted by molar-refractivity contribution is 6.64. The van der Waals surface area contributed by atoms with E-state index in [1.165, 1.54) is 44.5 Å². The molecule has 3 aromatic rings. The van der Waals surface area contributed by atoms with Crippen LogP contribution >= 0.6 is 0 Å². The van der Waals surface area contributed by atoms with Crippen LogP contribution in [-0.2, 0) is 24.0 Å². The Hall–Kier alpha value is -2.89. The van der Waals surface area contributed by atoms with Gasteiger partial charge in [0.1, 0.15) is 0 Å². The molecule has 4 nitrogen and oxygen atoms in total. The minimum atomic E-state index is -0.445. The van der Waals surface area contributed by atoms with Crippen molar-refractivity contribution in [1.29, 1.82) is 0 Å². The fourth-order valence-corrected chi connectivity index (χ4v) is 7.98. The van der Waals surface area contributed by atoms with E-state index in [-0.39, 0.29) is 0 Å². The lowest BCUT2D eigenvalue weighted by Crippen LogP contribution is -2.41. The lowest BCUT2D eigenvalue weighted by molar-refractivity contribution is 0.00578. The molecule has 0 bridgehead atoms. The fraction of sp³-hybridized carbons (Fsp3) is 0.405. The van der Waals surface area contributed by atoms with E-state index in [0.29, 0.717) is 0 Å². The van der Waals surface area contributed by atoms with Gasteiger partial charge in [-0.2, -0.15) is 0 Å². The second-order valence-corrected chi connectivity index (χ2v) is 14.8. The SMILES string of the molecule is CC1(C)OB(C2=CCCC3=C2c2ccccc2C32c3ccccc3-c3c(B4OC(C)(C)C(C)(C)O4)cccc32)OC1(C)C. The fourth-order valence-electron chi connectivity index (χ4n) is 7.98. The Balaban J connectivity index is 1.38. The monoisotopic (exact) mass is 570 g/mol. The van der Waals surface area contributed by atoms with Crippen molar-refractivity contribution in [3.63, 3.8) is 0 Å². The summed E-state index contributed by atoms with van der Waals surface area (Å²) in [6.07, 6.45) is 4.28. The Labute approximate surface area is 256 Å². The summed E-state index contributed by atoms with van der Waals surface area (Å²) < 4.78 is 26.7. The summed E-state index contributed by atoms with van der Waals surface area (Å²) in [4.78, 5) is 0. The maximum Gasteiger partial charge on any atom is 0.495 e. The smallest absolute Gasteiger partial charge is 0.399 e. The van der Waals surface area contributed by atoms with E-state index < -0.39 is 42.1 Å². The lowest BCUT2D eigenvalue weighted by Gasteiger charge is -2.34. The van der Waals surface area contributed by atoms with Crippen LogP contribution in [-0.4, -0.2) is 36.6 Å². The van der Waals surface area contributed by atoms with Crippen LogP contribution in [0, 0.1) is 0 Å². The van der Waals surface area contributed by atoms with Gasteiger partial charge in [0.25, 0.3) is 0 Å². The normalized spacial score (nSPS) is 26.8. The first-order chi connectivity index (χ1) is 20.3. The van der Waals surface area contributed by atoms with Crippen molar-refractivity contribution < 1.29 is 18.6 Å². The third kappa shape index (κ3) is 3.44. The highest BCUT2D eigenvalue weighted by Crippen LogP contribution is 2.64. The third-order valence-electron chi connectivity index (χ3n) is 11.5. The second-order valence-electron chi connectivity index (χ2n) is 14.8. The molecule has 0 N–H and O–H groups in total.